The van der Waals surface area contributed by atoms with Crippen LogP contribution in [0.1, 0.15) is 40.7 Å². The lowest BCUT2D eigenvalue weighted by Gasteiger charge is -2.30. The predicted octanol–water partition coefficient (Wildman–Crippen LogP) is 2.99. The third-order valence-corrected chi connectivity index (χ3v) is 5.62. The van der Waals surface area contributed by atoms with Crippen molar-refractivity contribution in [1.82, 2.24) is 10.2 Å². The molecule has 0 unspecified atom stereocenters. The zero-order valence-electron chi connectivity index (χ0n) is 16.2. The molecule has 0 atom stereocenters. The van der Waals surface area contributed by atoms with Crippen molar-refractivity contribution < 1.29 is 9.59 Å². The third kappa shape index (κ3) is 4.19. The number of hydrogen-bond acceptors (Lipinski definition) is 3. The first-order valence-corrected chi connectivity index (χ1v) is 10.2. The van der Waals surface area contributed by atoms with Crippen molar-refractivity contribution in [2.75, 3.05) is 31.1 Å². The van der Waals surface area contributed by atoms with Crippen molar-refractivity contribution in [2.24, 2.45) is 0 Å². The Labute approximate surface area is 166 Å². The molecule has 5 heteroatoms. The number of amides is 2. The van der Waals surface area contributed by atoms with E-state index >= 15 is 0 Å². The summed E-state index contributed by atoms with van der Waals surface area (Å²) in [6.07, 6.45) is 4.35. The minimum Gasteiger partial charge on any atom is -0.362 e. The van der Waals surface area contributed by atoms with Crippen molar-refractivity contribution in [3.63, 3.8) is 0 Å². The topological polar surface area (TPSA) is 52.7 Å². The van der Waals surface area contributed by atoms with Crippen molar-refractivity contribution in [2.45, 2.75) is 32.2 Å². The fourth-order valence-corrected chi connectivity index (χ4v) is 4.07. The van der Waals surface area contributed by atoms with Crippen LogP contribution < -0.4 is 10.2 Å². The summed E-state index contributed by atoms with van der Waals surface area (Å²) in [5.74, 6) is 0.130. The molecule has 2 heterocycles. The number of likely N-dealkylation sites (tertiary alicyclic amines) is 1. The van der Waals surface area contributed by atoms with Crippen molar-refractivity contribution in [1.29, 1.82) is 0 Å². The average molecular weight is 377 g/mol. The first-order valence-electron chi connectivity index (χ1n) is 10.2. The fourth-order valence-electron chi connectivity index (χ4n) is 4.07. The van der Waals surface area contributed by atoms with Gasteiger partial charge in [0.15, 0.2) is 0 Å². The molecule has 28 heavy (non-hydrogen) atoms. The second kappa shape index (κ2) is 8.46. The summed E-state index contributed by atoms with van der Waals surface area (Å²) in [4.78, 5) is 28.9. The number of aryl methyl sites for hydroxylation is 1. The second-order valence-corrected chi connectivity index (χ2v) is 7.63. The highest BCUT2D eigenvalue weighted by atomic mass is 16.2. The van der Waals surface area contributed by atoms with Gasteiger partial charge >= 0.3 is 0 Å². The lowest BCUT2D eigenvalue weighted by molar-refractivity contribution is -0.119. The minimum absolute atomic E-state index is 0.0222. The Morgan fingerprint density at radius 3 is 2.43 bits per heavy atom. The molecule has 2 aliphatic heterocycles. The van der Waals surface area contributed by atoms with Gasteiger partial charge < -0.3 is 15.1 Å². The zero-order valence-corrected chi connectivity index (χ0v) is 16.2. The third-order valence-electron chi connectivity index (χ3n) is 5.62. The first kappa shape index (κ1) is 18.5. The molecule has 0 aliphatic carbocycles. The van der Waals surface area contributed by atoms with E-state index in [1.165, 1.54) is 11.3 Å². The number of nitrogens with one attached hydrogen (secondary N) is 1. The minimum atomic E-state index is 0.0222. The van der Waals surface area contributed by atoms with E-state index in [1.54, 1.807) is 0 Å². The largest absolute Gasteiger partial charge is 0.362 e. The first-order chi connectivity index (χ1) is 13.7. The van der Waals surface area contributed by atoms with Gasteiger partial charge in [-0.3, -0.25) is 9.59 Å². The summed E-state index contributed by atoms with van der Waals surface area (Å²) in [5.41, 5.74) is 4.22. The van der Waals surface area contributed by atoms with E-state index in [1.807, 2.05) is 35.2 Å². The quantitative estimate of drug-likeness (QED) is 0.872. The van der Waals surface area contributed by atoms with Gasteiger partial charge in [0.1, 0.15) is 0 Å². The van der Waals surface area contributed by atoms with Crippen LogP contribution in [0.2, 0.25) is 0 Å². The lowest BCUT2D eigenvalue weighted by atomic mass is 10.0. The molecule has 2 amide bonds. The molecule has 2 aromatic carbocycles. The summed E-state index contributed by atoms with van der Waals surface area (Å²) in [6.45, 7) is 3.49. The van der Waals surface area contributed by atoms with Gasteiger partial charge in [-0.15, -0.1) is 0 Å². The van der Waals surface area contributed by atoms with Gasteiger partial charge in [0.2, 0.25) is 5.91 Å². The number of fused-ring (bicyclic) bond motifs is 1. The average Bonchev–Trinajstić information content (AvgIpc) is 3.27. The number of nitrogens with zero attached hydrogens (tertiary/aromatic N) is 2. The number of hydrogen-bond donors (Lipinski definition) is 1. The predicted molar refractivity (Wildman–Crippen MR) is 110 cm³/mol. The fraction of sp³-hybridized carbons (Fsp3) is 0.391. The second-order valence-electron chi connectivity index (χ2n) is 7.63. The summed E-state index contributed by atoms with van der Waals surface area (Å²) >= 11 is 0. The molecule has 0 aromatic heterocycles. The van der Waals surface area contributed by atoms with Gasteiger partial charge in [0.25, 0.3) is 5.91 Å². The molecular formula is C23H27N3O2. The van der Waals surface area contributed by atoms with Gasteiger partial charge in [-0.1, -0.05) is 30.3 Å². The Bertz CT molecular complexity index is 841. The Balaban J connectivity index is 1.30. The van der Waals surface area contributed by atoms with E-state index in [0.717, 1.165) is 56.4 Å². The van der Waals surface area contributed by atoms with E-state index in [0.29, 0.717) is 13.1 Å². The highest BCUT2D eigenvalue weighted by Crippen LogP contribution is 2.26. The van der Waals surface area contributed by atoms with Crippen LogP contribution in [-0.4, -0.2) is 42.9 Å². The van der Waals surface area contributed by atoms with Gasteiger partial charge in [-0.05, 0) is 55.0 Å². The summed E-state index contributed by atoms with van der Waals surface area (Å²) in [6, 6.07) is 15.9. The molecule has 2 aromatic rings. The smallest absolute Gasteiger partial charge is 0.253 e. The van der Waals surface area contributed by atoms with Crippen LogP contribution >= 0.6 is 0 Å². The van der Waals surface area contributed by atoms with Gasteiger partial charge in [-0.2, -0.15) is 0 Å². The molecule has 0 spiro atoms. The Morgan fingerprint density at radius 2 is 1.64 bits per heavy atom. The van der Waals surface area contributed by atoms with Crippen LogP contribution in [-0.2, 0) is 17.8 Å². The Kier molecular flexibility index (Phi) is 5.60. The maximum atomic E-state index is 12.4. The Morgan fingerprint density at radius 1 is 0.893 bits per heavy atom. The molecule has 1 saturated heterocycles. The molecule has 0 radical (unpaired) electrons. The van der Waals surface area contributed by atoms with E-state index in [-0.39, 0.29) is 11.8 Å². The molecule has 1 fully saturated rings. The molecule has 4 rings (SSSR count). The molecule has 0 saturated carbocycles. The van der Waals surface area contributed by atoms with Crippen LogP contribution in [0.25, 0.3) is 0 Å². The summed E-state index contributed by atoms with van der Waals surface area (Å²) in [7, 11) is 0. The van der Waals surface area contributed by atoms with Gasteiger partial charge in [0, 0.05) is 37.4 Å². The van der Waals surface area contributed by atoms with Crippen LogP contribution in [0, 0.1) is 0 Å². The van der Waals surface area contributed by atoms with Crippen LogP contribution in [0.5, 0.6) is 0 Å². The number of carbonyl (C=O) groups is 2. The van der Waals surface area contributed by atoms with E-state index in [9.17, 15) is 9.59 Å². The molecule has 1 N–H and O–H groups in total. The van der Waals surface area contributed by atoms with E-state index in [4.69, 9.17) is 0 Å². The number of anilines is 1. The van der Waals surface area contributed by atoms with E-state index in [2.05, 4.69) is 28.4 Å². The number of para-hydroxylation sites is 1. The standard InChI is InChI=1S/C23H27N3O2/c27-22(17-26-15-5-7-19-6-1-2-8-21(19)26)24-16-18-9-11-20(12-10-18)23(28)25-13-3-4-14-25/h1-2,6,8-12H,3-5,7,13-17H2,(H,24,27). The van der Waals surface area contributed by atoms with E-state index < -0.39 is 0 Å². The van der Waals surface area contributed by atoms with Crippen LogP contribution in [0.3, 0.4) is 0 Å². The van der Waals surface area contributed by atoms with Crippen LogP contribution in [0.4, 0.5) is 5.69 Å². The SMILES string of the molecule is O=C(CN1CCCc2ccccc21)NCc1ccc(C(=O)N2CCCC2)cc1. The highest BCUT2D eigenvalue weighted by molar-refractivity contribution is 5.94. The molecule has 0 bridgehead atoms. The maximum absolute atomic E-state index is 12.4. The molecule has 5 nitrogen and oxygen atoms in total. The number of benzene rings is 2. The monoisotopic (exact) mass is 377 g/mol. The maximum Gasteiger partial charge on any atom is 0.253 e. The highest BCUT2D eigenvalue weighted by Gasteiger charge is 2.20. The van der Waals surface area contributed by atoms with Crippen molar-refractivity contribution in [3.05, 3.63) is 65.2 Å². The van der Waals surface area contributed by atoms with Crippen molar-refractivity contribution in [3.8, 4) is 0 Å². The molecular weight excluding hydrogens is 350 g/mol. The Hall–Kier alpha value is -2.82. The van der Waals surface area contributed by atoms with Gasteiger partial charge in [-0.25, -0.2) is 0 Å². The summed E-state index contributed by atoms with van der Waals surface area (Å²) in [5, 5.41) is 3.00. The van der Waals surface area contributed by atoms with Gasteiger partial charge in [0.05, 0.1) is 6.54 Å². The summed E-state index contributed by atoms with van der Waals surface area (Å²) < 4.78 is 0. The molecule has 146 valence electrons. The van der Waals surface area contributed by atoms with Crippen molar-refractivity contribution >= 4 is 17.5 Å². The van der Waals surface area contributed by atoms with Crippen LogP contribution in [0.15, 0.2) is 48.5 Å². The number of rotatable bonds is 5. The zero-order chi connectivity index (χ0) is 19.3. The lowest BCUT2D eigenvalue weighted by Crippen LogP contribution is -2.39. The molecule has 2 aliphatic rings. The number of carbonyl (C=O) groups excluding carboxylic acids is 2. The normalized spacial score (nSPS) is 16.0.